The summed E-state index contributed by atoms with van der Waals surface area (Å²) in [6.07, 6.45) is -0.733. The molecule has 2 aromatic rings. The van der Waals surface area contributed by atoms with Crippen molar-refractivity contribution in [3.8, 4) is 0 Å². The van der Waals surface area contributed by atoms with Crippen LogP contribution >= 0.6 is 15.9 Å². The third-order valence-electron chi connectivity index (χ3n) is 3.54. The predicted octanol–water partition coefficient (Wildman–Crippen LogP) is 2.19. The number of halogens is 1. The highest BCUT2D eigenvalue weighted by Gasteiger charge is 2.29. The van der Waals surface area contributed by atoms with Gasteiger partial charge < -0.3 is 10.5 Å². The van der Waals surface area contributed by atoms with E-state index in [4.69, 9.17) is 10.5 Å². The second kappa shape index (κ2) is 8.57. The summed E-state index contributed by atoms with van der Waals surface area (Å²) < 4.78 is 33.6. The molecule has 1 amide bonds. The standard InChI is InChI=1S/C17H19BrN2O4S/c1-12(24-11-13-5-3-2-4-6-13)16(17(19)21)20-25(22,23)15-9-7-14(18)8-10-15/h2-10,12,16,20H,11H2,1H3,(H2,19,21). The van der Waals surface area contributed by atoms with Gasteiger partial charge in [0.1, 0.15) is 6.04 Å². The maximum absolute atomic E-state index is 12.4. The van der Waals surface area contributed by atoms with Crippen LogP contribution in [0.2, 0.25) is 0 Å². The van der Waals surface area contributed by atoms with E-state index in [1.54, 1.807) is 19.1 Å². The summed E-state index contributed by atoms with van der Waals surface area (Å²) in [5.41, 5.74) is 6.27. The third-order valence-corrected chi connectivity index (χ3v) is 5.52. The lowest BCUT2D eigenvalue weighted by Gasteiger charge is -2.22. The third kappa shape index (κ3) is 5.64. The van der Waals surface area contributed by atoms with Crippen LogP contribution in [-0.4, -0.2) is 26.5 Å². The maximum atomic E-state index is 12.4. The van der Waals surface area contributed by atoms with E-state index in [1.165, 1.54) is 12.1 Å². The summed E-state index contributed by atoms with van der Waals surface area (Å²) in [5, 5.41) is 0. The van der Waals surface area contributed by atoms with Gasteiger partial charge in [0.25, 0.3) is 0 Å². The van der Waals surface area contributed by atoms with Gasteiger partial charge in [0.2, 0.25) is 15.9 Å². The fraction of sp³-hybridized carbons (Fsp3) is 0.235. The minimum absolute atomic E-state index is 0.0391. The second-order valence-corrected chi connectivity index (χ2v) is 8.09. The Bertz CT molecular complexity index is 810. The van der Waals surface area contributed by atoms with Crippen LogP contribution in [0.1, 0.15) is 12.5 Å². The number of primary amides is 1. The fourth-order valence-corrected chi connectivity index (χ4v) is 3.67. The van der Waals surface area contributed by atoms with Crippen LogP contribution in [0.15, 0.2) is 64.0 Å². The number of hydrogen-bond donors (Lipinski definition) is 2. The van der Waals surface area contributed by atoms with Gasteiger partial charge in [0, 0.05) is 4.47 Å². The monoisotopic (exact) mass is 426 g/mol. The topological polar surface area (TPSA) is 98.5 Å². The number of carbonyl (C=O) groups is 1. The highest BCUT2D eigenvalue weighted by Crippen LogP contribution is 2.16. The SMILES string of the molecule is CC(OCc1ccccc1)C(NS(=O)(=O)c1ccc(Br)cc1)C(N)=O. The largest absolute Gasteiger partial charge is 0.372 e. The van der Waals surface area contributed by atoms with Gasteiger partial charge >= 0.3 is 0 Å². The van der Waals surface area contributed by atoms with Gasteiger partial charge in [-0.15, -0.1) is 0 Å². The first-order chi connectivity index (χ1) is 11.8. The van der Waals surface area contributed by atoms with E-state index in [-0.39, 0.29) is 11.5 Å². The molecule has 0 fully saturated rings. The number of sulfonamides is 1. The van der Waals surface area contributed by atoms with Crippen LogP contribution in [0.25, 0.3) is 0 Å². The molecular formula is C17H19BrN2O4S. The van der Waals surface area contributed by atoms with Crippen LogP contribution in [-0.2, 0) is 26.2 Å². The molecule has 0 aliphatic carbocycles. The number of nitrogens with two attached hydrogens (primary N) is 1. The van der Waals surface area contributed by atoms with Crippen molar-refractivity contribution in [1.29, 1.82) is 0 Å². The van der Waals surface area contributed by atoms with E-state index in [2.05, 4.69) is 20.7 Å². The number of ether oxygens (including phenoxy) is 1. The normalized spacial score (nSPS) is 14.0. The summed E-state index contributed by atoms with van der Waals surface area (Å²) in [6, 6.07) is 14.2. The van der Waals surface area contributed by atoms with E-state index < -0.39 is 28.1 Å². The van der Waals surface area contributed by atoms with E-state index >= 15 is 0 Å². The maximum Gasteiger partial charge on any atom is 0.241 e. The van der Waals surface area contributed by atoms with Crippen LogP contribution in [0.4, 0.5) is 0 Å². The summed E-state index contributed by atoms with van der Waals surface area (Å²) >= 11 is 3.24. The fourth-order valence-electron chi connectivity index (χ4n) is 2.13. The van der Waals surface area contributed by atoms with Gasteiger partial charge in [-0.05, 0) is 36.8 Å². The zero-order valence-corrected chi connectivity index (χ0v) is 16.0. The smallest absolute Gasteiger partial charge is 0.241 e. The molecule has 0 aromatic heterocycles. The number of amides is 1. The molecule has 0 saturated heterocycles. The molecule has 2 unspecified atom stereocenters. The predicted molar refractivity (Wildman–Crippen MR) is 98.1 cm³/mol. The van der Waals surface area contributed by atoms with Gasteiger partial charge in [-0.3, -0.25) is 4.79 Å². The summed E-state index contributed by atoms with van der Waals surface area (Å²) in [4.78, 5) is 11.8. The zero-order chi connectivity index (χ0) is 18.4. The molecule has 0 bridgehead atoms. The van der Waals surface area contributed by atoms with Crippen molar-refractivity contribution in [2.45, 2.75) is 30.6 Å². The van der Waals surface area contributed by atoms with Crippen LogP contribution in [0.3, 0.4) is 0 Å². The second-order valence-electron chi connectivity index (χ2n) is 5.46. The van der Waals surface area contributed by atoms with Crippen LogP contribution in [0.5, 0.6) is 0 Å². The summed E-state index contributed by atoms with van der Waals surface area (Å²) in [7, 11) is -3.90. The molecule has 0 spiro atoms. The minimum Gasteiger partial charge on any atom is -0.372 e. The molecule has 8 heteroatoms. The lowest BCUT2D eigenvalue weighted by Crippen LogP contribution is -2.51. The molecule has 6 nitrogen and oxygen atoms in total. The number of rotatable bonds is 8. The lowest BCUT2D eigenvalue weighted by molar-refractivity contribution is -0.123. The van der Waals surface area contributed by atoms with Crippen molar-refractivity contribution in [1.82, 2.24) is 4.72 Å². The van der Waals surface area contributed by atoms with E-state index in [0.717, 1.165) is 10.0 Å². The Morgan fingerprint density at radius 1 is 1.16 bits per heavy atom. The van der Waals surface area contributed by atoms with Crippen molar-refractivity contribution in [3.63, 3.8) is 0 Å². The molecule has 0 heterocycles. The van der Waals surface area contributed by atoms with E-state index in [1.807, 2.05) is 30.3 Å². The Labute approximate surface area is 155 Å². The Balaban J connectivity index is 2.09. The molecule has 2 atom stereocenters. The average Bonchev–Trinajstić information content (AvgIpc) is 2.58. The quantitative estimate of drug-likeness (QED) is 0.675. The Kier molecular flexibility index (Phi) is 6.71. The zero-order valence-electron chi connectivity index (χ0n) is 13.6. The number of hydrogen-bond acceptors (Lipinski definition) is 4. The first kappa shape index (κ1) is 19.6. The molecule has 0 radical (unpaired) electrons. The van der Waals surface area contributed by atoms with Gasteiger partial charge in [-0.2, -0.15) is 4.72 Å². The van der Waals surface area contributed by atoms with Crippen molar-refractivity contribution >= 4 is 31.9 Å². The first-order valence-electron chi connectivity index (χ1n) is 7.52. The van der Waals surface area contributed by atoms with Crippen molar-refractivity contribution < 1.29 is 17.9 Å². The van der Waals surface area contributed by atoms with Gasteiger partial charge in [0.15, 0.2) is 0 Å². The average molecular weight is 427 g/mol. The molecule has 134 valence electrons. The Hall–Kier alpha value is -1.74. The van der Waals surface area contributed by atoms with E-state index in [9.17, 15) is 13.2 Å². The number of carbonyl (C=O) groups excluding carboxylic acids is 1. The van der Waals surface area contributed by atoms with Crippen molar-refractivity contribution in [2.75, 3.05) is 0 Å². The summed E-state index contributed by atoms with van der Waals surface area (Å²) in [6.45, 7) is 1.84. The lowest BCUT2D eigenvalue weighted by atomic mass is 10.2. The van der Waals surface area contributed by atoms with Gasteiger partial charge in [-0.1, -0.05) is 46.3 Å². The van der Waals surface area contributed by atoms with E-state index in [0.29, 0.717) is 0 Å². The van der Waals surface area contributed by atoms with Crippen molar-refractivity contribution in [3.05, 3.63) is 64.6 Å². The molecule has 3 N–H and O–H groups in total. The van der Waals surface area contributed by atoms with Gasteiger partial charge in [0.05, 0.1) is 17.6 Å². The molecular weight excluding hydrogens is 408 g/mol. The highest BCUT2D eigenvalue weighted by atomic mass is 79.9. The Morgan fingerprint density at radius 2 is 1.76 bits per heavy atom. The highest BCUT2D eigenvalue weighted by molar-refractivity contribution is 9.10. The molecule has 2 aromatic carbocycles. The molecule has 0 saturated carbocycles. The summed E-state index contributed by atoms with van der Waals surface area (Å²) in [5.74, 6) is -0.804. The first-order valence-corrected chi connectivity index (χ1v) is 9.80. The molecule has 25 heavy (non-hydrogen) atoms. The Morgan fingerprint density at radius 3 is 2.32 bits per heavy atom. The van der Waals surface area contributed by atoms with Crippen LogP contribution in [0, 0.1) is 0 Å². The van der Waals surface area contributed by atoms with Crippen molar-refractivity contribution in [2.24, 2.45) is 5.73 Å². The molecule has 0 aliphatic rings. The number of nitrogens with one attached hydrogen (secondary N) is 1. The minimum atomic E-state index is -3.90. The van der Waals surface area contributed by atoms with Crippen LogP contribution < -0.4 is 10.5 Å². The molecule has 2 rings (SSSR count). The molecule has 0 aliphatic heterocycles. The number of benzene rings is 2. The van der Waals surface area contributed by atoms with Gasteiger partial charge in [-0.25, -0.2) is 8.42 Å².